The Morgan fingerprint density at radius 1 is 0.776 bits per heavy atom. The molecule has 67 heavy (non-hydrogen) atoms. The number of carbonyl (C=O) groups excluding carboxylic acids is 7. The number of likely N-dealkylation sites (N-methyl/N-ethyl adjacent to an activating group) is 1. The van der Waals surface area contributed by atoms with Crippen LogP contribution in [0.1, 0.15) is 89.4 Å². The van der Waals surface area contributed by atoms with E-state index in [4.69, 9.17) is 23.7 Å². The zero-order chi connectivity index (χ0) is 47.5. The van der Waals surface area contributed by atoms with Crippen molar-refractivity contribution >= 4 is 64.1 Å². The first-order valence-electron chi connectivity index (χ1n) is 22.9. The first-order valence-corrected chi connectivity index (χ1v) is 22.9. The monoisotopic (exact) mass is 925 g/mol. The molecule has 3 aliphatic heterocycles. The molecule has 3 aromatic carbocycles. The van der Waals surface area contributed by atoms with Gasteiger partial charge in [0, 0.05) is 57.1 Å². The number of hydrogen-bond donors (Lipinski definition) is 4. The fourth-order valence-electron chi connectivity index (χ4n) is 8.83. The molecule has 358 valence electrons. The number of carbonyl (C=O) groups is 7. The van der Waals surface area contributed by atoms with Crippen LogP contribution in [0.5, 0.6) is 11.5 Å². The first kappa shape index (κ1) is 48.4. The molecule has 4 aliphatic rings. The number of rotatable bonds is 23. The third-order valence-electron chi connectivity index (χ3n) is 12.3. The standard InChI is InChI=1S/C48H59N7O12/c1-30-46(60)53(2)36-16-14-32(28-38(36)54(30)33-9-4-5-10-33)51-35-15-13-31(27-40(35)63-3)44(58)50-20-8-22-65-24-26-66-25-23-64-21-7-19-49-42(57)29-67-39-12-6-11-34-43(39)48(62)55(47(34)61)37-17-18-41(56)52-45(37)59/h6,11-16,27-28,30,33,37,51H,4-5,7-10,17-26,29H2,1-3H3,(H,49,57)(H,50,58)(H,52,56,59)/t30-,37?/m1/s1. The number of hydrogen-bond acceptors (Lipinski definition) is 14. The second-order valence-electron chi connectivity index (χ2n) is 16.7. The van der Waals surface area contributed by atoms with Crippen LogP contribution in [0.2, 0.25) is 0 Å². The van der Waals surface area contributed by atoms with Crippen molar-refractivity contribution in [3.8, 4) is 11.5 Å². The Morgan fingerprint density at radius 2 is 1.48 bits per heavy atom. The number of benzene rings is 3. The van der Waals surface area contributed by atoms with E-state index in [0.717, 1.165) is 34.8 Å². The Balaban J connectivity index is 0.714. The van der Waals surface area contributed by atoms with Gasteiger partial charge in [-0.05, 0) is 87.6 Å². The lowest BCUT2D eigenvalue weighted by Crippen LogP contribution is -2.54. The summed E-state index contributed by atoms with van der Waals surface area (Å²) in [6.45, 7) is 4.66. The Kier molecular flexibility index (Phi) is 16.4. The van der Waals surface area contributed by atoms with Crippen LogP contribution in [0.15, 0.2) is 54.6 Å². The highest BCUT2D eigenvalue weighted by atomic mass is 16.5. The summed E-state index contributed by atoms with van der Waals surface area (Å²) < 4.78 is 28.0. The number of nitrogens with zero attached hydrogens (tertiary/aromatic N) is 3. The van der Waals surface area contributed by atoms with Crippen molar-refractivity contribution in [2.75, 3.05) is 88.6 Å². The summed E-state index contributed by atoms with van der Waals surface area (Å²) in [6.07, 6.45) is 5.67. The number of methoxy groups -OCH3 is 1. The molecule has 7 rings (SSSR count). The van der Waals surface area contributed by atoms with Gasteiger partial charge in [-0.3, -0.25) is 43.8 Å². The van der Waals surface area contributed by atoms with Crippen LogP contribution in [0.4, 0.5) is 22.7 Å². The molecular weight excluding hydrogens is 867 g/mol. The lowest BCUT2D eigenvalue weighted by atomic mass is 10.0. The number of fused-ring (bicyclic) bond motifs is 2. The van der Waals surface area contributed by atoms with E-state index < -0.39 is 42.2 Å². The summed E-state index contributed by atoms with van der Waals surface area (Å²) >= 11 is 0. The molecule has 7 amide bonds. The summed E-state index contributed by atoms with van der Waals surface area (Å²) in [7, 11) is 3.39. The molecule has 1 unspecified atom stereocenters. The zero-order valence-corrected chi connectivity index (χ0v) is 38.2. The van der Waals surface area contributed by atoms with Gasteiger partial charge < -0.3 is 49.4 Å². The minimum atomic E-state index is -1.10. The van der Waals surface area contributed by atoms with Gasteiger partial charge in [-0.15, -0.1) is 0 Å². The van der Waals surface area contributed by atoms with Crippen molar-refractivity contribution in [1.82, 2.24) is 20.9 Å². The summed E-state index contributed by atoms with van der Waals surface area (Å²) in [5, 5.41) is 11.3. The average Bonchev–Trinajstić information content (AvgIpc) is 3.95. The quantitative estimate of drug-likeness (QED) is 0.0787. The van der Waals surface area contributed by atoms with E-state index in [-0.39, 0.29) is 47.6 Å². The summed E-state index contributed by atoms with van der Waals surface area (Å²) in [6, 6.07) is 14.7. The number of nitrogens with one attached hydrogen (secondary N) is 4. The van der Waals surface area contributed by atoms with E-state index in [9.17, 15) is 33.6 Å². The number of anilines is 4. The zero-order valence-electron chi connectivity index (χ0n) is 38.2. The minimum Gasteiger partial charge on any atom is -0.495 e. The normalized spacial score (nSPS) is 18.2. The number of imide groups is 2. The Morgan fingerprint density at radius 3 is 2.18 bits per heavy atom. The molecule has 4 N–H and O–H groups in total. The molecule has 0 spiro atoms. The highest BCUT2D eigenvalue weighted by Gasteiger charge is 2.46. The van der Waals surface area contributed by atoms with Crippen molar-refractivity contribution in [3.63, 3.8) is 0 Å². The summed E-state index contributed by atoms with van der Waals surface area (Å²) in [5.41, 5.74) is 4.00. The molecule has 0 bridgehead atoms. The van der Waals surface area contributed by atoms with Gasteiger partial charge in [-0.2, -0.15) is 0 Å². The van der Waals surface area contributed by atoms with Crippen molar-refractivity contribution < 1.29 is 57.2 Å². The van der Waals surface area contributed by atoms with Gasteiger partial charge in [0.05, 0.1) is 61.7 Å². The second kappa shape index (κ2) is 22.8. The van der Waals surface area contributed by atoms with Crippen molar-refractivity contribution in [2.45, 2.75) is 76.4 Å². The Hall–Kier alpha value is -6.57. The summed E-state index contributed by atoms with van der Waals surface area (Å²) in [4.78, 5) is 93.4. The smallest absolute Gasteiger partial charge is 0.266 e. The second-order valence-corrected chi connectivity index (χ2v) is 16.7. The van der Waals surface area contributed by atoms with E-state index in [0.29, 0.717) is 88.6 Å². The fourth-order valence-corrected chi connectivity index (χ4v) is 8.83. The Bertz CT molecular complexity index is 2340. The summed E-state index contributed by atoms with van der Waals surface area (Å²) in [5.74, 6) is -2.54. The minimum absolute atomic E-state index is 0.00670. The van der Waals surface area contributed by atoms with E-state index in [2.05, 4.69) is 32.2 Å². The van der Waals surface area contributed by atoms with Gasteiger partial charge in [0.2, 0.25) is 17.7 Å². The maximum Gasteiger partial charge on any atom is 0.266 e. The van der Waals surface area contributed by atoms with Crippen LogP contribution in [0, 0.1) is 0 Å². The predicted octanol–water partition coefficient (Wildman–Crippen LogP) is 3.71. The molecule has 1 aliphatic carbocycles. The van der Waals surface area contributed by atoms with E-state index in [1.807, 2.05) is 32.2 Å². The van der Waals surface area contributed by atoms with Crippen molar-refractivity contribution in [1.29, 1.82) is 0 Å². The van der Waals surface area contributed by atoms with Gasteiger partial charge >= 0.3 is 0 Å². The van der Waals surface area contributed by atoms with Crippen LogP contribution in [-0.4, -0.2) is 138 Å². The molecule has 2 atom stereocenters. The van der Waals surface area contributed by atoms with E-state index in [1.54, 1.807) is 24.1 Å². The molecule has 1 saturated heterocycles. The number of ether oxygens (including phenoxy) is 5. The Labute approximate surface area is 389 Å². The molecule has 0 radical (unpaired) electrons. The molecule has 0 aromatic heterocycles. The van der Waals surface area contributed by atoms with Crippen LogP contribution < -0.4 is 40.5 Å². The molecule has 19 nitrogen and oxygen atoms in total. The van der Waals surface area contributed by atoms with E-state index >= 15 is 0 Å². The van der Waals surface area contributed by atoms with Crippen LogP contribution in [0.3, 0.4) is 0 Å². The fraction of sp³-hybridized carbons (Fsp3) is 0.479. The van der Waals surface area contributed by atoms with Gasteiger partial charge in [0.15, 0.2) is 6.61 Å². The molecule has 19 heteroatoms. The lowest BCUT2D eigenvalue weighted by Gasteiger charge is -2.43. The van der Waals surface area contributed by atoms with Crippen LogP contribution >= 0.6 is 0 Å². The third-order valence-corrected chi connectivity index (χ3v) is 12.3. The van der Waals surface area contributed by atoms with Gasteiger partial charge in [-0.1, -0.05) is 18.9 Å². The van der Waals surface area contributed by atoms with Gasteiger partial charge in [-0.25, -0.2) is 0 Å². The highest BCUT2D eigenvalue weighted by Crippen LogP contribution is 2.42. The third kappa shape index (κ3) is 11.5. The maximum atomic E-state index is 13.2. The molecular formula is C48H59N7O12. The van der Waals surface area contributed by atoms with Crippen molar-refractivity contribution in [2.24, 2.45) is 0 Å². The van der Waals surface area contributed by atoms with Crippen LogP contribution in [-0.2, 0) is 33.4 Å². The molecule has 1 saturated carbocycles. The topological polar surface area (TPSA) is 223 Å². The molecule has 3 heterocycles. The maximum absolute atomic E-state index is 13.2. The number of amides is 7. The highest BCUT2D eigenvalue weighted by molar-refractivity contribution is 6.24. The van der Waals surface area contributed by atoms with Gasteiger partial charge in [0.1, 0.15) is 23.6 Å². The van der Waals surface area contributed by atoms with Crippen molar-refractivity contribution in [3.05, 3.63) is 71.3 Å². The average molecular weight is 926 g/mol. The first-order chi connectivity index (χ1) is 32.5. The van der Waals surface area contributed by atoms with Crippen LogP contribution in [0.25, 0.3) is 0 Å². The predicted molar refractivity (Wildman–Crippen MR) is 246 cm³/mol. The number of piperidine rings is 1. The van der Waals surface area contributed by atoms with Gasteiger partial charge in [0.25, 0.3) is 23.6 Å². The SMILES string of the molecule is COc1cc(C(=O)NCCCOCCOCCOCCCNC(=O)COc2cccc3c2C(=O)N(C2CCC(=O)NC2=O)C3=O)ccc1Nc1ccc2c(c1)N(C1CCCC1)[C@H](C)C(=O)N2C. The van der Waals surface area contributed by atoms with E-state index in [1.165, 1.54) is 31.0 Å². The largest absolute Gasteiger partial charge is 0.495 e. The molecule has 2 fully saturated rings. The molecule has 3 aromatic rings. The lowest BCUT2D eigenvalue weighted by molar-refractivity contribution is -0.136.